The van der Waals surface area contributed by atoms with Crippen molar-refractivity contribution in [2.24, 2.45) is 0 Å². The van der Waals surface area contributed by atoms with E-state index in [0.29, 0.717) is 0 Å². The fourth-order valence-electron chi connectivity index (χ4n) is 9.12. The van der Waals surface area contributed by atoms with Crippen LogP contribution in [0.5, 0.6) is 0 Å². The summed E-state index contributed by atoms with van der Waals surface area (Å²) in [5.41, 5.74) is 16.1. The minimum absolute atomic E-state index is 0.158. The molecule has 1 aliphatic rings. The molecule has 10 aromatic rings. The minimum atomic E-state index is -0.158. The first-order valence-corrected chi connectivity index (χ1v) is 20.6. The Morgan fingerprint density at radius 2 is 0.947 bits per heavy atom. The summed E-state index contributed by atoms with van der Waals surface area (Å²) in [5, 5.41) is 5.12. The van der Waals surface area contributed by atoms with E-state index in [-0.39, 0.29) is 5.41 Å². The van der Waals surface area contributed by atoms with Crippen molar-refractivity contribution in [3.8, 4) is 44.5 Å². The van der Waals surface area contributed by atoms with Crippen molar-refractivity contribution < 1.29 is 0 Å². The van der Waals surface area contributed by atoms with Crippen molar-refractivity contribution in [3.63, 3.8) is 0 Å². The summed E-state index contributed by atoms with van der Waals surface area (Å²) >= 11 is 1.88. The number of fused-ring (bicyclic) bond motifs is 7. The van der Waals surface area contributed by atoms with Crippen LogP contribution >= 0.6 is 11.3 Å². The van der Waals surface area contributed by atoms with E-state index >= 15 is 0 Å². The van der Waals surface area contributed by atoms with Crippen LogP contribution in [-0.4, -0.2) is 0 Å². The number of anilines is 3. The number of rotatable bonds is 6. The lowest BCUT2D eigenvalue weighted by atomic mass is 9.81. The molecule has 0 atom stereocenters. The van der Waals surface area contributed by atoms with Gasteiger partial charge in [-0.05, 0) is 103 Å². The molecule has 1 aliphatic carbocycles. The normalized spacial score (nSPS) is 12.9. The highest BCUT2D eigenvalue weighted by molar-refractivity contribution is 7.26. The lowest BCUT2D eigenvalue weighted by Gasteiger charge is -2.29. The quantitative estimate of drug-likeness (QED) is 0.164. The fraction of sp³-hybridized carbons (Fsp3) is 0.0545. The van der Waals surface area contributed by atoms with Gasteiger partial charge in [-0.15, -0.1) is 11.3 Å². The predicted molar refractivity (Wildman–Crippen MR) is 245 cm³/mol. The molecule has 0 saturated heterocycles. The summed E-state index contributed by atoms with van der Waals surface area (Å²) in [7, 11) is 0. The second-order valence-electron chi connectivity index (χ2n) is 15.7. The fourth-order valence-corrected chi connectivity index (χ4v) is 10.4. The Balaban J connectivity index is 0.972. The molecule has 57 heavy (non-hydrogen) atoms. The maximum atomic E-state index is 2.44. The van der Waals surface area contributed by atoms with Gasteiger partial charge in [-0.3, -0.25) is 0 Å². The zero-order valence-corrected chi connectivity index (χ0v) is 32.7. The summed E-state index contributed by atoms with van der Waals surface area (Å²) in [6.45, 7) is 4.75. The highest BCUT2D eigenvalue weighted by Crippen LogP contribution is 2.52. The highest BCUT2D eigenvalue weighted by atomic mass is 32.1. The third-order valence-corrected chi connectivity index (χ3v) is 13.3. The summed E-state index contributed by atoms with van der Waals surface area (Å²) in [4.78, 5) is 2.44. The summed E-state index contributed by atoms with van der Waals surface area (Å²) in [5.74, 6) is 0. The summed E-state index contributed by atoms with van der Waals surface area (Å²) in [6, 6.07) is 73.8. The van der Waals surface area contributed by atoms with Gasteiger partial charge in [-0.2, -0.15) is 0 Å². The second kappa shape index (κ2) is 13.2. The van der Waals surface area contributed by atoms with Gasteiger partial charge in [0.1, 0.15) is 0 Å². The number of nitrogens with zero attached hydrogens (tertiary/aromatic N) is 1. The van der Waals surface area contributed by atoms with Crippen LogP contribution in [0.3, 0.4) is 0 Å². The summed E-state index contributed by atoms with van der Waals surface area (Å²) < 4.78 is 2.68. The Morgan fingerprint density at radius 3 is 1.75 bits per heavy atom. The Kier molecular flexibility index (Phi) is 7.77. The number of hydrogen-bond donors (Lipinski definition) is 0. The van der Waals surface area contributed by atoms with Gasteiger partial charge in [0.2, 0.25) is 0 Å². The number of hydrogen-bond acceptors (Lipinski definition) is 2. The molecule has 0 N–H and O–H groups in total. The van der Waals surface area contributed by atoms with Crippen LogP contribution in [0.25, 0.3) is 75.5 Å². The van der Waals surface area contributed by atoms with Gasteiger partial charge in [0.15, 0.2) is 0 Å². The minimum Gasteiger partial charge on any atom is -0.310 e. The van der Waals surface area contributed by atoms with E-state index in [9.17, 15) is 0 Å². The third kappa shape index (κ3) is 5.51. The monoisotopic (exact) mass is 745 g/mol. The maximum absolute atomic E-state index is 2.44. The largest absolute Gasteiger partial charge is 0.310 e. The van der Waals surface area contributed by atoms with Crippen molar-refractivity contribution in [2.45, 2.75) is 19.3 Å². The topological polar surface area (TPSA) is 3.24 Å². The van der Waals surface area contributed by atoms with Crippen molar-refractivity contribution in [1.29, 1.82) is 0 Å². The van der Waals surface area contributed by atoms with Gasteiger partial charge in [-0.1, -0.05) is 172 Å². The van der Waals surface area contributed by atoms with E-state index < -0.39 is 0 Å². The zero-order valence-electron chi connectivity index (χ0n) is 31.9. The van der Waals surface area contributed by atoms with Gasteiger partial charge in [0.05, 0.1) is 5.69 Å². The molecule has 0 spiro atoms. The smallest absolute Gasteiger partial charge is 0.0540 e. The molecule has 0 unspecified atom stereocenters. The lowest BCUT2D eigenvalue weighted by Crippen LogP contribution is -2.16. The first-order valence-electron chi connectivity index (χ1n) is 19.8. The average molecular weight is 746 g/mol. The lowest BCUT2D eigenvalue weighted by molar-refractivity contribution is 0.660. The van der Waals surface area contributed by atoms with Crippen molar-refractivity contribution in [2.75, 3.05) is 4.90 Å². The second-order valence-corrected chi connectivity index (χ2v) is 16.8. The predicted octanol–water partition coefficient (Wildman–Crippen LogP) is 16.0. The molecule has 11 rings (SSSR count). The molecule has 9 aromatic carbocycles. The number of benzene rings is 9. The van der Waals surface area contributed by atoms with Crippen LogP contribution in [0.4, 0.5) is 17.1 Å². The molecule has 0 fully saturated rings. The van der Waals surface area contributed by atoms with Crippen LogP contribution in [0, 0.1) is 0 Å². The molecule has 2 heteroatoms. The van der Waals surface area contributed by atoms with Crippen LogP contribution in [-0.2, 0) is 5.41 Å². The van der Waals surface area contributed by atoms with E-state index in [1.807, 2.05) is 11.3 Å². The third-order valence-electron chi connectivity index (χ3n) is 12.1. The first-order chi connectivity index (χ1) is 28.0. The van der Waals surface area contributed by atoms with Crippen molar-refractivity contribution in [1.82, 2.24) is 0 Å². The van der Waals surface area contributed by atoms with Crippen LogP contribution in [0.2, 0.25) is 0 Å². The van der Waals surface area contributed by atoms with Crippen molar-refractivity contribution in [3.05, 3.63) is 211 Å². The summed E-state index contributed by atoms with van der Waals surface area (Å²) in [6.07, 6.45) is 0. The first kappa shape index (κ1) is 33.6. The Hall–Kier alpha value is -6.74. The van der Waals surface area contributed by atoms with Gasteiger partial charge < -0.3 is 4.90 Å². The molecule has 270 valence electrons. The van der Waals surface area contributed by atoms with Gasteiger partial charge in [0.25, 0.3) is 0 Å². The van der Waals surface area contributed by atoms with Crippen molar-refractivity contribution >= 4 is 59.3 Å². The van der Waals surface area contributed by atoms with E-state index in [0.717, 1.165) is 11.4 Å². The number of thiophene rings is 1. The molecule has 1 nitrogen and oxygen atoms in total. The van der Waals surface area contributed by atoms with E-state index in [1.54, 1.807) is 0 Å². The highest BCUT2D eigenvalue weighted by Gasteiger charge is 2.36. The zero-order chi connectivity index (χ0) is 38.1. The Labute approximate surface area is 337 Å². The Morgan fingerprint density at radius 1 is 0.386 bits per heavy atom. The maximum Gasteiger partial charge on any atom is 0.0540 e. The molecular weight excluding hydrogens is 707 g/mol. The molecule has 0 bridgehead atoms. The van der Waals surface area contributed by atoms with Gasteiger partial charge in [-0.25, -0.2) is 0 Å². The Bertz CT molecular complexity index is 3130. The molecule has 0 radical (unpaired) electrons. The molecule has 0 amide bonds. The van der Waals surface area contributed by atoms with Gasteiger partial charge in [0, 0.05) is 42.3 Å². The standard InChI is InChI=1S/C55H39NS/c1-55(2)50-34-41(36-12-4-3-5-13-36)28-32-46(50)47-33-31-43(35-51(47)55)56(52-20-10-15-39-14-6-7-16-44(39)52)42-29-26-38(27-30-42)37-22-24-40(25-23-37)45-18-11-19-49-48-17-8-9-21-53(48)57-54(45)49/h3-35H,1-2H3. The van der Waals surface area contributed by atoms with E-state index in [2.05, 4.69) is 219 Å². The molecule has 1 heterocycles. The average Bonchev–Trinajstić information content (AvgIpc) is 3.76. The molecule has 1 aromatic heterocycles. The van der Waals surface area contributed by atoms with Gasteiger partial charge >= 0.3 is 0 Å². The van der Waals surface area contributed by atoms with E-state index in [1.165, 1.54) is 92.3 Å². The molecule has 0 aliphatic heterocycles. The molecule has 0 saturated carbocycles. The van der Waals surface area contributed by atoms with Crippen LogP contribution < -0.4 is 4.90 Å². The van der Waals surface area contributed by atoms with Crippen LogP contribution in [0.15, 0.2) is 200 Å². The van der Waals surface area contributed by atoms with Crippen LogP contribution in [0.1, 0.15) is 25.0 Å². The SMILES string of the molecule is CC1(C)c2cc(-c3ccccc3)ccc2-c2ccc(N(c3ccc(-c4ccc(-c5cccc6c5sc5ccccc56)cc4)cc3)c3cccc4ccccc34)cc21. The van der Waals surface area contributed by atoms with E-state index in [4.69, 9.17) is 0 Å². The molecular formula is C55H39NS.